The smallest absolute Gasteiger partial charge is 0.241 e. The fraction of sp³-hybridized carbons (Fsp3) is 0.412. The molecule has 2 rings (SSSR count). The van der Waals surface area contributed by atoms with Gasteiger partial charge in [-0.05, 0) is 39.3 Å². The molecular formula is C17H23ClN4O. The van der Waals surface area contributed by atoms with E-state index in [-0.39, 0.29) is 18.0 Å². The highest BCUT2D eigenvalue weighted by atomic mass is 35.5. The van der Waals surface area contributed by atoms with Gasteiger partial charge in [-0.2, -0.15) is 5.10 Å². The summed E-state index contributed by atoms with van der Waals surface area (Å²) >= 11 is 6.20. The predicted molar refractivity (Wildman–Crippen MR) is 93.8 cm³/mol. The molecule has 5 nitrogen and oxygen atoms in total. The highest BCUT2D eigenvalue weighted by Crippen LogP contribution is 2.23. The Morgan fingerprint density at radius 1 is 1.26 bits per heavy atom. The first-order chi connectivity index (χ1) is 10.8. The lowest BCUT2D eigenvalue weighted by atomic mass is 10.1. The summed E-state index contributed by atoms with van der Waals surface area (Å²) in [7, 11) is 1.86. The van der Waals surface area contributed by atoms with Crippen LogP contribution in [-0.4, -0.2) is 21.7 Å². The third-order valence-electron chi connectivity index (χ3n) is 4.02. The molecule has 1 heterocycles. The molecule has 0 aliphatic carbocycles. The highest BCUT2D eigenvalue weighted by Gasteiger charge is 2.20. The van der Waals surface area contributed by atoms with Crippen molar-refractivity contribution in [3.63, 3.8) is 0 Å². The first kappa shape index (κ1) is 17.5. The number of nitrogens with one attached hydrogen (secondary N) is 2. The van der Waals surface area contributed by atoms with Crippen molar-refractivity contribution in [3.8, 4) is 0 Å². The molecular weight excluding hydrogens is 312 g/mol. The number of aromatic nitrogens is 2. The van der Waals surface area contributed by atoms with Crippen LogP contribution in [0.4, 0.5) is 5.69 Å². The number of amides is 1. The lowest BCUT2D eigenvalue weighted by Gasteiger charge is -2.21. The van der Waals surface area contributed by atoms with Crippen LogP contribution in [0.15, 0.2) is 24.3 Å². The van der Waals surface area contributed by atoms with E-state index in [0.29, 0.717) is 5.02 Å². The topological polar surface area (TPSA) is 59.0 Å². The van der Waals surface area contributed by atoms with E-state index in [1.54, 1.807) is 4.68 Å². The monoisotopic (exact) mass is 334 g/mol. The maximum absolute atomic E-state index is 12.4. The largest absolute Gasteiger partial charge is 0.322 e. The Labute approximate surface area is 142 Å². The Morgan fingerprint density at radius 2 is 1.91 bits per heavy atom. The number of hydrogen-bond donors (Lipinski definition) is 2. The molecule has 23 heavy (non-hydrogen) atoms. The number of aryl methyl sites for hydroxylation is 2. The van der Waals surface area contributed by atoms with Crippen molar-refractivity contribution in [1.82, 2.24) is 15.1 Å². The Morgan fingerprint density at radius 3 is 2.48 bits per heavy atom. The molecule has 0 radical (unpaired) electrons. The summed E-state index contributed by atoms with van der Waals surface area (Å²) in [5.74, 6) is -0.0943. The van der Waals surface area contributed by atoms with Crippen molar-refractivity contribution in [2.24, 2.45) is 7.05 Å². The second-order valence-corrected chi connectivity index (χ2v) is 6.20. The molecule has 0 bridgehead atoms. The summed E-state index contributed by atoms with van der Waals surface area (Å²) in [6.45, 7) is 7.64. The van der Waals surface area contributed by atoms with Crippen molar-refractivity contribution >= 4 is 23.2 Å². The van der Waals surface area contributed by atoms with Crippen LogP contribution in [0.2, 0.25) is 5.02 Å². The van der Waals surface area contributed by atoms with Gasteiger partial charge in [0.05, 0.1) is 23.1 Å². The molecule has 0 aliphatic rings. The van der Waals surface area contributed by atoms with Crippen LogP contribution >= 0.6 is 11.6 Å². The first-order valence-electron chi connectivity index (χ1n) is 7.62. The quantitative estimate of drug-likeness (QED) is 0.881. The van der Waals surface area contributed by atoms with Crippen LogP contribution in [0, 0.1) is 13.8 Å². The minimum atomic E-state index is -0.361. The SMILES string of the molecule is Cc1nn(C)c(C)c1NC(=O)[C@@H](C)N[C@H](C)c1ccccc1Cl. The van der Waals surface area contributed by atoms with E-state index in [1.807, 2.05) is 59.0 Å². The Hall–Kier alpha value is -1.85. The summed E-state index contributed by atoms with van der Waals surface area (Å²) in [6.07, 6.45) is 0. The van der Waals surface area contributed by atoms with Crippen LogP contribution in [0.25, 0.3) is 0 Å². The van der Waals surface area contributed by atoms with E-state index in [1.165, 1.54) is 0 Å². The maximum atomic E-state index is 12.4. The van der Waals surface area contributed by atoms with E-state index >= 15 is 0 Å². The minimum absolute atomic E-state index is 0.0273. The third kappa shape index (κ3) is 3.92. The second-order valence-electron chi connectivity index (χ2n) is 5.79. The Bertz CT molecular complexity index is 711. The zero-order valence-electron chi connectivity index (χ0n) is 14.1. The van der Waals surface area contributed by atoms with Gasteiger partial charge in [-0.25, -0.2) is 0 Å². The van der Waals surface area contributed by atoms with E-state index in [9.17, 15) is 4.79 Å². The molecule has 124 valence electrons. The summed E-state index contributed by atoms with van der Waals surface area (Å²) in [5, 5.41) is 11.2. The standard InChI is InChI=1S/C17H23ClN4O/c1-10(14-8-6-7-9-15(14)18)19-12(3)17(23)20-16-11(2)21-22(5)13(16)4/h6-10,12,19H,1-5H3,(H,20,23)/t10-,12-/m1/s1. The van der Waals surface area contributed by atoms with Crippen molar-refractivity contribution in [3.05, 3.63) is 46.2 Å². The van der Waals surface area contributed by atoms with Crippen molar-refractivity contribution in [2.75, 3.05) is 5.32 Å². The molecule has 2 aromatic rings. The number of rotatable bonds is 5. The van der Waals surface area contributed by atoms with E-state index < -0.39 is 0 Å². The van der Waals surface area contributed by atoms with E-state index in [0.717, 1.165) is 22.6 Å². The maximum Gasteiger partial charge on any atom is 0.241 e. The van der Waals surface area contributed by atoms with Crippen LogP contribution in [0.1, 0.15) is 36.8 Å². The van der Waals surface area contributed by atoms with Crippen molar-refractivity contribution in [2.45, 2.75) is 39.8 Å². The predicted octanol–water partition coefficient (Wildman–Crippen LogP) is 3.37. The van der Waals surface area contributed by atoms with Crippen LogP contribution in [0.3, 0.4) is 0 Å². The van der Waals surface area contributed by atoms with Crippen LogP contribution < -0.4 is 10.6 Å². The second kappa shape index (κ2) is 7.15. The zero-order chi connectivity index (χ0) is 17.1. The molecule has 2 N–H and O–H groups in total. The zero-order valence-corrected chi connectivity index (χ0v) is 14.9. The first-order valence-corrected chi connectivity index (χ1v) is 8.00. The molecule has 0 saturated carbocycles. The van der Waals surface area contributed by atoms with Gasteiger partial charge in [0.25, 0.3) is 0 Å². The average Bonchev–Trinajstić information content (AvgIpc) is 2.73. The molecule has 0 aliphatic heterocycles. The fourth-order valence-corrected chi connectivity index (χ4v) is 2.85. The number of hydrogen-bond acceptors (Lipinski definition) is 3. The molecule has 1 aromatic heterocycles. The van der Waals surface area contributed by atoms with Crippen LogP contribution in [0.5, 0.6) is 0 Å². The van der Waals surface area contributed by atoms with Crippen molar-refractivity contribution < 1.29 is 4.79 Å². The van der Waals surface area contributed by atoms with Gasteiger partial charge in [-0.3, -0.25) is 14.8 Å². The Kier molecular flexibility index (Phi) is 5.44. The molecule has 0 saturated heterocycles. The Balaban J connectivity index is 2.04. The summed E-state index contributed by atoms with van der Waals surface area (Å²) in [6, 6.07) is 7.25. The van der Waals surface area contributed by atoms with Gasteiger partial charge in [-0.1, -0.05) is 29.8 Å². The number of halogens is 1. The molecule has 1 amide bonds. The molecule has 6 heteroatoms. The number of benzene rings is 1. The van der Waals surface area contributed by atoms with Gasteiger partial charge in [0.2, 0.25) is 5.91 Å². The molecule has 0 unspecified atom stereocenters. The molecule has 1 aromatic carbocycles. The number of anilines is 1. The number of nitrogens with zero attached hydrogens (tertiary/aromatic N) is 2. The highest BCUT2D eigenvalue weighted by molar-refractivity contribution is 6.31. The molecule has 0 fully saturated rings. The van der Waals surface area contributed by atoms with E-state index in [4.69, 9.17) is 11.6 Å². The lowest BCUT2D eigenvalue weighted by molar-refractivity contribution is -0.117. The fourth-order valence-electron chi connectivity index (χ4n) is 2.55. The molecule has 2 atom stereocenters. The van der Waals surface area contributed by atoms with Gasteiger partial charge in [0.15, 0.2) is 0 Å². The third-order valence-corrected chi connectivity index (χ3v) is 4.37. The lowest BCUT2D eigenvalue weighted by Crippen LogP contribution is -2.39. The van der Waals surface area contributed by atoms with Crippen molar-refractivity contribution in [1.29, 1.82) is 0 Å². The summed E-state index contributed by atoms with van der Waals surface area (Å²) in [5.41, 5.74) is 3.49. The van der Waals surface area contributed by atoms with E-state index in [2.05, 4.69) is 15.7 Å². The molecule has 0 spiro atoms. The van der Waals surface area contributed by atoms with Gasteiger partial charge < -0.3 is 5.32 Å². The number of carbonyl (C=O) groups excluding carboxylic acids is 1. The summed E-state index contributed by atoms with van der Waals surface area (Å²) < 4.78 is 1.76. The van der Waals surface area contributed by atoms with Crippen LogP contribution in [-0.2, 0) is 11.8 Å². The average molecular weight is 335 g/mol. The van der Waals surface area contributed by atoms with Gasteiger partial charge in [0.1, 0.15) is 0 Å². The normalized spacial score (nSPS) is 13.7. The summed E-state index contributed by atoms with van der Waals surface area (Å²) in [4.78, 5) is 12.4. The minimum Gasteiger partial charge on any atom is -0.322 e. The van der Waals surface area contributed by atoms with Gasteiger partial charge >= 0.3 is 0 Å². The van der Waals surface area contributed by atoms with Gasteiger partial charge in [0, 0.05) is 18.1 Å². The number of carbonyl (C=O) groups is 1. The van der Waals surface area contributed by atoms with Gasteiger partial charge in [-0.15, -0.1) is 0 Å².